The third kappa shape index (κ3) is 4.68. The van der Waals surface area contributed by atoms with Crippen LogP contribution in [0.1, 0.15) is 18.5 Å². The summed E-state index contributed by atoms with van der Waals surface area (Å²) in [4.78, 5) is 27.6. The van der Waals surface area contributed by atoms with E-state index in [1.165, 1.54) is 6.08 Å². The molecule has 0 spiro atoms. The number of allylic oxidation sites excluding steroid dienone is 3. The van der Waals surface area contributed by atoms with E-state index in [9.17, 15) is 9.59 Å². The van der Waals surface area contributed by atoms with Crippen molar-refractivity contribution in [3.8, 4) is 0 Å². The molecule has 0 N–H and O–H groups in total. The Morgan fingerprint density at radius 3 is 2.63 bits per heavy atom. The van der Waals surface area contributed by atoms with Crippen LogP contribution in [-0.4, -0.2) is 24.2 Å². The molecule has 4 nitrogen and oxygen atoms in total. The summed E-state index contributed by atoms with van der Waals surface area (Å²) >= 11 is 1.73. The van der Waals surface area contributed by atoms with Gasteiger partial charge in [0, 0.05) is 16.7 Å². The molecule has 5 heteroatoms. The second-order valence-electron chi connectivity index (χ2n) is 5.96. The molecule has 0 saturated carbocycles. The average Bonchev–Trinajstić information content (AvgIpc) is 2.72. The zero-order chi connectivity index (χ0) is 19.1. The van der Waals surface area contributed by atoms with Crippen LogP contribution in [-0.2, 0) is 14.3 Å². The number of para-hydroxylation sites is 1. The number of benzene rings is 2. The smallest absolute Gasteiger partial charge is 0.331 e. The molecule has 0 fully saturated rings. The number of carbonyl (C=O) groups is 2. The topological polar surface area (TPSA) is 46.6 Å². The first-order valence-electron chi connectivity index (χ1n) is 8.75. The molecule has 1 amide bonds. The highest BCUT2D eigenvalue weighted by Crippen LogP contribution is 2.43. The summed E-state index contributed by atoms with van der Waals surface area (Å²) in [5.74, 6) is -0.0104. The zero-order valence-corrected chi connectivity index (χ0v) is 15.9. The standard InChI is InChI=1S/C22H21NO3S/c1-2-3-5-14-22(25)26-15-21(24)23-18-12-8-9-13-20(18)27-16-19(23)17-10-6-4-7-11-17/h2-14,19H,15-16H2,1H3/b3-2+,14-5+/t19-/m1/s1. The van der Waals surface area contributed by atoms with E-state index >= 15 is 0 Å². The SMILES string of the molecule is C/C=C/C=C/C(=O)OCC(=O)N1c2ccccc2SC[C@@H]1c1ccccc1. The Bertz CT molecular complexity index is 861. The van der Waals surface area contributed by atoms with E-state index in [0.717, 1.165) is 21.9 Å². The Labute approximate surface area is 163 Å². The number of amides is 1. The number of carbonyl (C=O) groups excluding carboxylic acids is 2. The molecule has 138 valence electrons. The Balaban J connectivity index is 1.81. The van der Waals surface area contributed by atoms with Crippen molar-refractivity contribution < 1.29 is 14.3 Å². The van der Waals surface area contributed by atoms with Gasteiger partial charge in [-0.05, 0) is 24.6 Å². The number of hydrogen-bond donors (Lipinski definition) is 0. The van der Waals surface area contributed by atoms with Gasteiger partial charge in [0.15, 0.2) is 6.61 Å². The van der Waals surface area contributed by atoms with E-state index in [1.807, 2.05) is 67.6 Å². The van der Waals surface area contributed by atoms with Gasteiger partial charge in [0.1, 0.15) is 0 Å². The monoisotopic (exact) mass is 379 g/mol. The lowest BCUT2D eigenvalue weighted by Gasteiger charge is -2.37. The fraction of sp³-hybridized carbons (Fsp3) is 0.182. The highest BCUT2D eigenvalue weighted by Gasteiger charge is 2.32. The summed E-state index contributed by atoms with van der Waals surface area (Å²) in [7, 11) is 0. The largest absolute Gasteiger partial charge is 0.452 e. The first-order chi connectivity index (χ1) is 13.2. The second-order valence-corrected chi connectivity index (χ2v) is 7.02. The van der Waals surface area contributed by atoms with Crippen LogP contribution >= 0.6 is 11.8 Å². The van der Waals surface area contributed by atoms with Crippen LogP contribution in [0.15, 0.2) is 83.8 Å². The highest BCUT2D eigenvalue weighted by atomic mass is 32.2. The van der Waals surface area contributed by atoms with Gasteiger partial charge in [-0.2, -0.15) is 0 Å². The normalized spacial score (nSPS) is 16.5. The number of anilines is 1. The molecule has 0 radical (unpaired) electrons. The van der Waals surface area contributed by atoms with Crippen molar-refractivity contribution in [2.24, 2.45) is 0 Å². The van der Waals surface area contributed by atoms with Crippen molar-refractivity contribution in [3.63, 3.8) is 0 Å². The van der Waals surface area contributed by atoms with E-state index in [-0.39, 0.29) is 18.6 Å². The Kier molecular flexibility index (Phi) is 6.49. The first-order valence-corrected chi connectivity index (χ1v) is 9.74. The summed E-state index contributed by atoms with van der Waals surface area (Å²) in [6, 6.07) is 17.6. The van der Waals surface area contributed by atoms with Gasteiger partial charge in [0.25, 0.3) is 5.91 Å². The minimum absolute atomic E-state index is 0.101. The highest BCUT2D eigenvalue weighted by molar-refractivity contribution is 7.99. The minimum atomic E-state index is -0.530. The van der Waals surface area contributed by atoms with Crippen LogP contribution in [0.4, 0.5) is 5.69 Å². The molecule has 3 rings (SSSR count). The number of nitrogens with zero attached hydrogens (tertiary/aromatic N) is 1. The number of fused-ring (bicyclic) bond motifs is 1. The lowest BCUT2D eigenvalue weighted by molar-refractivity contribution is -0.143. The molecule has 1 heterocycles. The van der Waals surface area contributed by atoms with Crippen molar-refractivity contribution in [1.82, 2.24) is 0 Å². The summed E-state index contributed by atoms with van der Waals surface area (Å²) < 4.78 is 5.15. The van der Waals surface area contributed by atoms with Gasteiger partial charge < -0.3 is 4.74 Å². The zero-order valence-electron chi connectivity index (χ0n) is 15.1. The molecule has 0 saturated heterocycles. The van der Waals surface area contributed by atoms with E-state index < -0.39 is 5.97 Å². The molecule has 1 aliphatic rings. The van der Waals surface area contributed by atoms with Crippen molar-refractivity contribution in [2.45, 2.75) is 17.9 Å². The second kappa shape index (κ2) is 9.24. The number of ether oxygens (including phenoxy) is 1. The predicted octanol–water partition coefficient (Wildman–Crippen LogP) is 4.54. The maximum Gasteiger partial charge on any atom is 0.331 e. The van der Waals surface area contributed by atoms with Crippen LogP contribution < -0.4 is 4.90 Å². The summed E-state index contributed by atoms with van der Waals surface area (Å²) in [6.07, 6.45) is 6.43. The van der Waals surface area contributed by atoms with Gasteiger partial charge in [-0.15, -0.1) is 11.8 Å². The quantitative estimate of drug-likeness (QED) is 0.435. The number of thioether (sulfide) groups is 1. The molecule has 1 atom stereocenters. The molecular formula is C22H21NO3S. The minimum Gasteiger partial charge on any atom is -0.452 e. The van der Waals surface area contributed by atoms with Gasteiger partial charge in [0.05, 0.1) is 11.7 Å². The van der Waals surface area contributed by atoms with Crippen LogP contribution in [0.2, 0.25) is 0 Å². The van der Waals surface area contributed by atoms with E-state index in [1.54, 1.807) is 28.8 Å². The van der Waals surface area contributed by atoms with Gasteiger partial charge in [-0.1, -0.05) is 60.7 Å². The maximum absolute atomic E-state index is 13.0. The summed E-state index contributed by atoms with van der Waals surface area (Å²) in [5, 5.41) is 0. The van der Waals surface area contributed by atoms with E-state index in [2.05, 4.69) is 0 Å². The third-order valence-electron chi connectivity index (χ3n) is 4.16. The van der Waals surface area contributed by atoms with Gasteiger partial charge in [-0.3, -0.25) is 9.69 Å². The number of rotatable bonds is 5. The van der Waals surface area contributed by atoms with Crippen LogP contribution in [0.25, 0.3) is 0 Å². The lowest BCUT2D eigenvalue weighted by atomic mass is 10.1. The fourth-order valence-electron chi connectivity index (χ4n) is 2.91. The Morgan fingerprint density at radius 2 is 1.85 bits per heavy atom. The number of esters is 1. The number of hydrogen-bond acceptors (Lipinski definition) is 4. The molecule has 0 aromatic heterocycles. The van der Waals surface area contributed by atoms with Crippen molar-refractivity contribution in [3.05, 3.63) is 84.5 Å². The van der Waals surface area contributed by atoms with Gasteiger partial charge in [-0.25, -0.2) is 4.79 Å². The average molecular weight is 379 g/mol. The van der Waals surface area contributed by atoms with E-state index in [0.29, 0.717) is 0 Å². The van der Waals surface area contributed by atoms with Gasteiger partial charge in [0.2, 0.25) is 0 Å². The van der Waals surface area contributed by atoms with Crippen molar-refractivity contribution in [2.75, 3.05) is 17.3 Å². The molecule has 2 aromatic rings. The molecule has 0 bridgehead atoms. The predicted molar refractivity (Wildman–Crippen MR) is 109 cm³/mol. The molecule has 1 aliphatic heterocycles. The maximum atomic E-state index is 13.0. The van der Waals surface area contributed by atoms with Crippen LogP contribution in [0, 0.1) is 0 Å². The summed E-state index contributed by atoms with van der Waals surface area (Å²) in [5.41, 5.74) is 1.92. The molecule has 0 unspecified atom stereocenters. The Morgan fingerprint density at radius 1 is 1.11 bits per heavy atom. The third-order valence-corrected chi connectivity index (χ3v) is 5.30. The Hall–Kier alpha value is -2.79. The lowest BCUT2D eigenvalue weighted by Crippen LogP contribution is -2.41. The van der Waals surface area contributed by atoms with Crippen molar-refractivity contribution >= 4 is 29.3 Å². The van der Waals surface area contributed by atoms with Crippen LogP contribution in [0.3, 0.4) is 0 Å². The van der Waals surface area contributed by atoms with Crippen molar-refractivity contribution in [1.29, 1.82) is 0 Å². The van der Waals surface area contributed by atoms with E-state index in [4.69, 9.17) is 4.74 Å². The molecule has 2 aromatic carbocycles. The molecular weight excluding hydrogens is 358 g/mol. The fourth-order valence-corrected chi connectivity index (χ4v) is 4.08. The molecule has 0 aliphatic carbocycles. The van der Waals surface area contributed by atoms with Crippen LogP contribution in [0.5, 0.6) is 0 Å². The summed E-state index contributed by atoms with van der Waals surface area (Å²) in [6.45, 7) is 1.57. The first kappa shape index (κ1) is 19.0. The van der Waals surface area contributed by atoms with Gasteiger partial charge >= 0.3 is 5.97 Å². The molecule has 27 heavy (non-hydrogen) atoms.